The molecule has 0 saturated heterocycles. The Kier molecular flexibility index (Phi) is 16.5. The molecule has 8 aromatic heterocycles. The van der Waals surface area contributed by atoms with Gasteiger partial charge in [0.15, 0.2) is 0 Å². The molecule has 0 fully saturated rings. The van der Waals surface area contributed by atoms with Crippen molar-refractivity contribution in [3.63, 3.8) is 0 Å². The molecule has 122 heavy (non-hydrogen) atoms. The van der Waals surface area contributed by atoms with Gasteiger partial charge in [-0.3, -0.25) is 9.97 Å². The fourth-order valence-corrected chi connectivity index (χ4v) is 18.3. The minimum atomic E-state index is 0.925. The van der Waals surface area contributed by atoms with Crippen LogP contribution in [0.1, 0.15) is 0 Å². The quantitative estimate of drug-likeness (QED) is 0.104. The fraction of sp³-hybridized carbons (Fsp3) is 0. The molecule has 8 heteroatoms. The lowest BCUT2D eigenvalue weighted by molar-refractivity contribution is 1.37. The highest BCUT2D eigenvalue weighted by atomic mass is 14.8. The Morgan fingerprint density at radius 2 is 0.393 bits per heavy atom. The Hall–Kier alpha value is -16.4. The Morgan fingerprint density at radius 1 is 0.131 bits per heavy atom. The number of hydrogen-bond acceptors (Lipinski definition) is 8. The van der Waals surface area contributed by atoms with Crippen LogP contribution in [0, 0.1) is 0 Å². The molecule has 0 N–H and O–H groups in total. The van der Waals surface area contributed by atoms with Gasteiger partial charge >= 0.3 is 0 Å². The molecule has 0 aliphatic heterocycles. The monoisotopic (exact) mass is 1550 g/mol. The highest BCUT2D eigenvalue weighted by Gasteiger charge is 2.21. The molecule has 17 aromatic carbocycles. The van der Waals surface area contributed by atoms with E-state index in [0.29, 0.717) is 0 Å². The zero-order valence-electron chi connectivity index (χ0n) is 65.8. The first kappa shape index (κ1) is 69.8. The third kappa shape index (κ3) is 12.3. The van der Waals surface area contributed by atoms with Gasteiger partial charge in [-0.05, 0) is 225 Å². The summed E-state index contributed by atoms with van der Waals surface area (Å²) in [5.41, 5.74) is 27.1. The lowest BCUT2D eigenvalue weighted by atomic mass is 9.87. The summed E-state index contributed by atoms with van der Waals surface area (Å²) in [7, 11) is 0. The van der Waals surface area contributed by atoms with Crippen molar-refractivity contribution in [3.05, 3.63) is 413 Å². The van der Waals surface area contributed by atoms with E-state index in [1.807, 2.05) is 24.5 Å². The zero-order chi connectivity index (χ0) is 80.3. The maximum Gasteiger partial charge on any atom is 0.0972 e. The predicted molar refractivity (Wildman–Crippen MR) is 509 cm³/mol. The molecule has 8 heterocycles. The molecule has 0 aliphatic carbocycles. The Bertz CT molecular complexity index is 8570. The molecule has 564 valence electrons. The van der Waals surface area contributed by atoms with Gasteiger partial charge in [-0.15, -0.1) is 0 Å². The van der Waals surface area contributed by atoms with Crippen LogP contribution in [0.5, 0.6) is 0 Å². The number of fused-ring (bicyclic) bond motifs is 16. The van der Waals surface area contributed by atoms with Crippen LogP contribution in [0.15, 0.2) is 413 Å². The molecule has 0 atom stereocenters. The lowest BCUT2D eigenvalue weighted by Crippen LogP contribution is -1.93. The third-order valence-corrected chi connectivity index (χ3v) is 24.4. The van der Waals surface area contributed by atoms with Gasteiger partial charge in [0.05, 0.1) is 78.3 Å². The van der Waals surface area contributed by atoms with Crippen LogP contribution in [0.25, 0.3) is 253 Å². The standard InChI is InChI=1S/C60H36N4.C54H32N4/c1-2-9-37(10-3-1)57-48-12-4-6-14-50(48)58(51-15-7-5-13-49(51)57)56-31-26-47-36-43(24-29-54(47)63-56)42-23-28-52-46(35-42)25-30-53(62-52)44-20-18-41-34-45(21-19-40(41)33-44)55-27-22-39-17-16-38-11-8-32-61-59(38)60(39)64-55;1-3-9-45-39(6-1)32-40-7-2-4-10-46(40)52(45)51-26-21-44-31-38(19-24-49(44)57-51)37-18-23-47-43(30-37)20-25-48(56-47)41-15-13-36-29-42(16-14-35(36)28-41)50-22-17-34-12-11-33-8-5-27-55-53(33)54(34)58-50/h1-36H;1-32H. The fourth-order valence-electron chi connectivity index (χ4n) is 18.3. The van der Waals surface area contributed by atoms with Crippen molar-refractivity contribution in [2.24, 2.45) is 0 Å². The highest BCUT2D eigenvalue weighted by Crippen LogP contribution is 2.45. The van der Waals surface area contributed by atoms with E-state index < -0.39 is 0 Å². The van der Waals surface area contributed by atoms with E-state index in [1.165, 1.54) is 59.8 Å². The van der Waals surface area contributed by atoms with Gasteiger partial charge < -0.3 is 0 Å². The average Bonchev–Trinajstić information content (AvgIpc) is 0.736. The number of rotatable bonds is 9. The summed E-state index contributed by atoms with van der Waals surface area (Å²) in [6.45, 7) is 0. The van der Waals surface area contributed by atoms with Crippen LogP contribution in [-0.4, -0.2) is 39.9 Å². The van der Waals surface area contributed by atoms with Crippen LogP contribution in [0.4, 0.5) is 0 Å². The molecule has 0 aliphatic rings. The summed E-state index contributed by atoms with van der Waals surface area (Å²) < 4.78 is 0. The van der Waals surface area contributed by atoms with E-state index in [9.17, 15) is 0 Å². The minimum Gasteiger partial charge on any atom is -0.254 e. The summed E-state index contributed by atoms with van der Waals surface area (Å²) >= 11 is 0. The second-order valence-corrected chi connectivity index (χ2v) is 31.7. The first-order chi connectivity index (χ1) is 60.4. The first-order valence-electron chi connectivity index (χ1n) is 41.3. The zero-order valence-corrected chi connectivity index (χ0v) is 65.8. The summed E-state index contributed by atoms with van der Waals surface area (Å²) in [4.78, 5) is 40.2. The van der Waals surface area contributed by atoms with Crippen molar-refractivity contribution < 1.29 is 0 Å². The normalized spacial score (nSPS) is 11.8. The largest absolute Gasteiger partial charge is 0.254 e. The van der Waals surface area contributed by atoms with Crippen molar-refractivity contribution in [2.45, 2.75) is 0 Å². The van der Waals surface area contributed by atoms with Crippen molar-refractivity contribution in [1.29, 1.82) is 0 Å². The number of pyridine rings is 8. The molecular formula is C114H68N8. The SMILES string of the molecule is c1ccc(-c2c3ccccc3c(-c3ccc4cc(-c5ccc6nc(-c7ccc8cc(-c9ccc%10ccc%11cccnc%11c%10n9)ccc8c7)ccc6c5)ccc4n3)c3ccccc23)cc1.c1ccc2c(-c3ccc4cc(-c5ccc6nc(-c7ccc8cc(-c9ccc%10ccc%11cccnc%11c%10n9)ccc8c7)ccc6c5)ccc4n3)c3ccccc3cc2c1. The third-order valence-electron chi connectivity index (χ3n) is 24.4. The number of benzene rings is 17. The van der Waals surface area contributed by atoms with Crippen molar-refractivity contribution in [2.75, 3.05) is 0 Å². The second-order valence-electron chi connectivity index (χ2n) is 31.7. The Morgan fingerprint density at radius 3 is 0.779 bits per heavy atom. The molecule has 0 amide bonds. The van der Waals surface area contributed by atoms with Crippen molar-refractivity contribution in [3.8, 4) is 101 Å². The highest BCUT2D eigenvalue weighted by molar-refractivity contribution is 6.22. The predicted octanol–water partition coefficient (Wildman–Crippen LogP) is 29.7. The molecule has 0 bridgehead atoms. The number of aromatic nitrogens is 8. The topological polar surface area (TPSA) is 103 Å². The Labute approximate surface area is 700 Å². The van der Waals surface area contributed by atoms with Crippen LogP contribution < -0.4 is 0 Å². The van der Waals surface area contributed by atoms with Gasteiger partial charge in [0.2, 0.25) is 0 Å². The van der Waals surface area contributed by atoms with Crippen molar-refractivity contribution >= 4 is 152 Å². The van der Waals surface area contributed by atoms with E-state index in [-0.39, 0.29) is 0 Å². The molecular weight excluding hydrogens is 1480 g/mol. The minimum absolute atomic E-state index is 0.925. The summed E-state index contributed by atoms with van der Waals surface area (Å²) in [6, 6.07) is 143. The first-order valence-corrected chi connectivity index (χ1v) is 41.3. The molecule has 8 nitrogen and oxygen atoms in total. The molecule has 25 rings (SSSR count). The molecule has 0 unspecified atom stereocenters. The maximum atomic E-state index is 5.31. The average molecular weight is 1550 g/mol. The second kappa shape index (κ2) is 28.7. The van der Waals surface area contributed by atoms with Gasteiger partial charge in [0, 0.05) is 88.9 Å². The molecule has 25 aromatic rings. The van der Waals surface area contributed by atoms with E-state index in [2.05, 4.69) is 398 Å². The number of nitrogens with zero attached hydrogens (tertiary/aromatic N) is 8. The summed E-state index contributed by atoms with van der Waals surface area (Å²) in [6.07, 6.45) is 3.66. The van der Waals surface area contributed by atoms with E-state index in [1.54, 1.807) is 0 Å². The molecule has 0 saturated carbocycles. The van der Waals surface area contributed by atoms with Gasteiger partial charge in [0.1, 0.15) is 0 Å². The van der Waals surface area contributed by atoms with Gasteiger partial charge in [0.25, 0.3) is 0 Å². The maximum absolute atomic E-state index is 5.31. The molecule has 0 radical (unpaired) electrons. The van der Waals surface area contributed by atoms with Gasteiger partial charge in [-0.25, -0.2) is 29.9 Å². The van der Waals surface area contributed by atoms with E-state index in [4.69, 9.17) is 29.9 Å². The summed E-state index contributed by atoms with van der Waals surface area (Å²) in [5, 5.41) is 23.2. The van der Waals surface area contributed by atoms with Crippen LogP contribution in [0.2, 0.25) is 0 Å². The van der Waals surface area contributed by atoms with Crippen LogP contribution in [-0.2, 0) is 0 Å². The Balaban J connectivity index is 0.000000139. The molecule has 0 spiro atoms. The summed E-state index contributed by atoms with van der Waals surface area (Å²) in [5.74, 6) is 0. The smallest absolute Gasteiger partial charge is 0.0972 e. The van der Waals surface area contributed by atoms with Crippen LogP contribution >= 0.6 is 0 Å². The van der Waals surface area contributed by atoms with E-state index >= 15 is 0 Å². The van der Waals surface area contributed by atoms with Crippen LogP contribution in [0.3, 0.4) is 0 Å². The van der Waals surface area contributed by atoms with Gasteiger partial charge in [-0.1, -0.05) is 273 Å². The number of hydrogen-bond donors (Lipinski definition) is 0. The van der Waals surface area contributed by atoms with Gasteiger partial charge in [-0.2, -0.15) is 0 Å². The van der Waals surface area contributed by atoms with Crippen molar-refractivity contribution in [1.82, 2.24) is 39.9 Å². The lowest BCUT2D eigenvalue weighted by Gasteiger charge is -2.17. The van der Waals surface area contributed by atoms with E-state index in [0.717, 1.165) is 193 Å².